The van der Waals surface area contributed by atoms with Crippen molar-refractivity contribution in [3.05, 3.63) is 34.9 Å². The van der Waals surface area contributed by atoms with Crippen LogP contribution in [0.4, 0.5) is 0 Å². The predicted molar refractivity (Wildman–Crippen MR) is 112 cm³/mol. The lowest BCUT2D eigenvalue weighted by Crippen LogP contribution is -2.39. The summed E-state index contributed by atoms with van der Waals surface area (Å²) >= 11 is 0. The lowest BCUT2D eigenvalue weighted by molar-refractivity contribution is 0.283. The molecule has 0 spiro atoms. The standard InChI is InChI=1S/C21H37N5/c1-5-22-21(23-8-7-20-16-18(2)15-19(3)17-20)24-9-12-26-11-6-10-25(4)13-14-26/h15-17H,5-14H2,1-4H3,(H2,22,23,24). The molecule has 1 aromatic carbocycles. The molecule has 146 valence electrons. The van der Waals surface area contributed by atoms with Crippen molar-refractivity contribution in [3.63, 3.8) is 0 Å². The Kier molecular flexibility index (Phi) is 8.92. The van der Waals surface area contributed by atoms with Gasteiger partial charge in [-0.3, -0.25) is 4.99 Å². The van der Waals surface area contributed by atoms with Crippen LogP contribution in [0.15, 0.2) is 23.2 Å². The average Bonchev–Trinajstić information content (AvgIpc) is 2.78. The van der Waals surface area contributed by atoms with E-state index < -0.39 is 0 Å². The Morgan fingerprint density at radius 1 is 1.04 bits per heavy atom. The summed E-state index contributed by atoms with van der Waals surface area (Å²) in [6.45, 7) is 14.9. The molecular formula is C21H37N5. The number of likely N-dealkylation sites (N-methyl/N-ethyl adjacent to an activating group) is 1. The summed E-state index contributed by atoms with van der Waals surface area (Å²) in [7, 11) is 2.21. The first-order valence-electron chi connectivity index (χ1n) is 10.1. The number of aliphatic imine (C=N–C) groups is 1. The zero-order chi connectivity index (χ0) is 18.8. The first kappa shape index (κ1) is 20.7. The summed E-state index contributed by atoms with van der Waals surface area (Å²) in [6.07, 6.45) is 2.28. The van der Waals surface area contributed by atoms with Gasteiger partial charge in [-0.05, 0) is 59.3 Å². The quantitative estimate of drug-likeness (QED) is 0.578. The Morgan fingerprint density at radius 2 is 1.81 bits per heavy atom. The molecule has 2 rings (SSSR count). The van der Waals surface area contributed by atoms with Gasteiger partial charge in [0.2, 0.25) is 0 Å². The van der Waals surface area contributed by atoms with Gasteiger partial charge in [0.05, 0.1) is 6.54 Å². The Hall–Kier alpha value is -1.59. The molecule has 1 heterocycles. The van der Waals surface area contributed by atoms with Crippen molar-refractivity contribution in [2.24, 2.45) is 4.99 Å². The van der Waals surface area contributed by atoms with Gasteiger partial charge < -0.3 is 20.4 Å². The van der Waals surface area contributed by atoms with Crippen molar-refractivity contribution >= 4 is 5.96 Å². The van der Waals surface area contributed by atoms with Gasteiger partial charge in [0.25, 0.3) is 0 Å². The highest BCUT2D eigenvalue weighted by molar-refractivity contribution is 5.79. The van der Waals surface area contributed by atoms with E-state index in [0.29, 0.717) is 0 Å². The number of aryl methyl sites for hydroxylation is 2. The van der Waals surface area contributed by atoms with Gasteiger partial charge in [-0.2, -0.15) is 0 Å². The Balaban J connectivity index is 1.76. The van der Waals surface area contributed by atoms with Gasteiger partial charge in [-0.1, -0.05) is 29.3 Å². The molecule has 0 atom stereocenters. The number of hydrogen-bond acceptors (Lipinski definition) is 3. The Morgan fingerprint density at radius 3 is 2.54 bits per heavy atom. The van der Waals surface area contributed by atoms with E-state index in [0.717, 1.165) is 51.6 Å². The largest absolute Gasteiger partial charge is 0.357 e. The van der Waals surface area contributed by atoms with Crippen LogP contribution in [0.5, 0.6) is 0 Å². The van der Waals surface area contributed by atoms with Gasteiger partial charge in [0, 0.05) is 32.7 Å². The highest BCUT2D eigenvalue weighted by Crippen LogP contribution is 2.09. The van der Waals surface area contributed by atoms with Crippen LogP contribution in [-0.4, -0.2) is 75.2 Å². The Bertz CT molecular complexity index is 549. The summed E-state index contributed by atoms with van der Waals surface area (Å²) in [5.74, 6) is 0.934. The molecule has 0 unspecified atom stereocenters. The molecule has 0 saturated carbocycles. The number of guanidine groups is 1. The van der Waals surface area contributed by atoms with Crippen LogP contribution in [0.25, 0.3) is 0 Å². The number of nitrogens with zero attached hydrogens (tertiary/aromatic N) is 3. The summed E-state index contributed by atoms with van der Waals surface area (Å²) in [5, 5.41) is 6.84. The van der Waals surface area contributed by atoms with Crippen molar-refractivity contribution < 1.29 is 0 Å². The smallest absolute Gasteiger partial charge is 0.191 e. The van der Waals surface area contributed by atoms with Gasteiger partial charge in [0.15, 0.2) is 5.96 Å². The first-order valence-corrected chi connectivity index (χ1v) is 10.1. The molecule has 2 N–H and O–H groups in total. The van der Waals surface area contributed by atoms with Crippen LogP contribution in [0.3, 0.4) is 0 Å². The van der Waals surface area contributed by atoms with E-state index in [-0.39, 0.29) is 0 Å². The number of benzene rings is 1. The highest BCUT2D eigenvalue weighted by Gasteiger charge is 2.11. The van der Waals surface area contributed by atoms with E-state index in [9.17, 15) is 0 Å². The van der Waals surface area contributed by atoms with Gasteiger partial charge >= 0.3 is 0 Å². The number of rotatable bonds is 7. The topological polar surface area (TPSA) is 42.9 Å². The lowest BCUT2D eigenvalue weighted by atomic mass is 10.1. The molecule has 0 aliphatic carbocycles. The van der Waals surface area contributed by atoms with E-state index in [4.69, 9.17) is 4.99 Å². The van der Waals surface area contributed by atoms with Crippen LogP contribution < -0.4 is 10.6 Å². The third kappa shape index (κ3) is 7.75. The molecular weight excluding hydrogens is 322 g/mol. The summed E-state index contributed by atoms with van der Waals surface area (Å²) in [4.78, 5) is 9.72. The van der Waals surface area contributed by atoms with E-state index in [1.54, 1.807) is 0 Å². The molecule has 0 aromatic heterocycles. The van der Waals surface area contributed by atoms with Crippen LogP contribution in [0, 0.1) is 13.8 Å². The van der Waals surface area contributed by atoms with Crippen LogP contribution in [0.2, 0.25) is 0 Å². The second-order valence-corrected chi connectivity index (χ2v) is 7.43. The van der Waals surface area contributed by atoms with Crippen molar-refractivity contribution in [1.29, 1.82) is 0 Å². The summed E-state index contributed by atoms with van der Waals surface area (Å²) < 4.78 is 0. The van der Waals surface area contributed by atoms with E-state index in [1.165, 1.54) is 36.2 Å². The van der Waals surface area contributed by atoms with Crippen LogP contribution in [0.1, 0.15) is 30.0 Å². The summed E-state index contributed by atoms with van der Waals surface area (Å²) in [6, 6.07) is 6.77. The predicted octanol–water partition coefficient (Wildman–Crippen LogP) is 2.04. The van der Waals surface area contributed by atoms with Gasteiger partial charge in [0.1, 0.15) is 0 Å². The third-order valence-corrected chi connectivity index (χ3v) is 4.83. The van der Waals surface area contributed by atoms with Crippen molar-refractivity contribution in [1.82, 2.24) is 20.4 Å². The molecule has 1 aliphatic heterocycles. The molecule has 1 aromatic rings. The summed E-state index contributed by atoms with van der Waals surface area (Å²) in [5.41, 5.74) is 4.06. The lowest BCUT2D eigenvalue weighted by Gasteiger charge is -2.19. The fourth-order valence-corrected chi connectivity index (χ4v) is 3.51. The molecule has 5 nitrogen and oxygen atoms in total. The zero-order valence-electron chi connectivity index (χ0n) is 17.1. The van der Waals surface area contributed by atoms with Crippen molar-refractivity contribution in [2.75, 3.05) is 59.4 Å². The van der Waals surface area contributed by atoms with E-state index in [1.807, 2.05) is 0 Å². The molecule has 0 amide bonds. The van der Waals surface area contributed by atoms with Crippen LogP contribution in [-0.2, 0) is 6.42 Å². The van der Waals surface area contributed by atoms with Gasteiger partial charge in [-0.15, -0.1) is 0 Å². The molecule has 1 saturated heterocycles. The monoisotopic (exact) mass is 359 g/mol. The second kappa shape index (κ2) is 11.2. The highest BCUT2D eigenvalue weighted by atomic mass is 15.2. The van der Waals surface area contributed by atoms with Crippen molar-refractivity contribution in [2.45, 2.75) is 33.6 Å². The number of hydrogen-bond donors (Lipinski definition) is 2. The molecule has 1 aliphatic rings. The third-order valence-electron chi connectivity index (χ3n) is 4.83. The fourth-order valence-electron chi connectivity index (χ4n) is 3.51. The maximum absolute atomic E-state index is 4.76. The van der Waals surface area contributed by atoms with E-state index >= 15 is 0 Å². The number of nitrogens with one attached hydrogen (secondary N) is 2. The molecule has 1 fully saturated rings. The molecule has 5 heteroatoms. The minimum absolute atomic E-state index is 0.850. The second-order valence-electron chi connectivity index (χ2n) is 7.43. The minimum Gasteiger partial charge on any atom is -0.357 e. The van der Waals surface area contributed by atoms with Crippen molar-refractivity contribution in [3.8, 4) is 0 Å². The minimum atomic E-state index is 0.850. The Labute approximate surface area is 159 Å². The molecule has 26 heavy (non-hydrogen) atoms. The maximum atomic E-state index is 4.76. The van der Waals surface area contributed by atoms with E-state index in [2.05, 4.69) is 66.5 Å². The SMILES string of the molecule is CCNC(=NCCN1CCCN(C)CC1)NCCc1cc(C)cc(C)c1. The zero-order valence-corrected chi connectivity index (χ0v) is 17.1. The maximum Gasteiger partial charge on any atom is 0.191 e. The average molecular weight is 360 g/mol. The van der Waals surface area contributed by atoms with Gasteiger partial charge in [-0.25, -0.2) is 0 Å². The first-order chi connectivity index (χ1) is 12.6. The normalized spacial score (nSPS) is 17.2. The van der Waals surface area contributed by atoms with Crippen LogP contribution >= 0.6 is 0 Å². The fraction of sp³-hybridized carbons (Fsp3) is 0.667. The molecule has 0 bridgehead atoms. The molecule has 0 radical (unpaired) electrons.